The van der Waals surface area contributed by atoms with E-state index in [0.29, 0.717) is 14.9 Å². The van der Waals surface area contributed by atoms with Gasteiger partial charge in [0.25, 0.3) is 5.91 Å². The van der Waals surface area contributed by atoms with Gasteiger partial charge in [0.15, 0.2) is 4.32 Å². The monoisotopic (exact) mass is 368 g/mol. The normalized spacial score (nSPS) is 16.4. The number of aryl methyl sites for hydroxylation is 1. The first-order chi connectivity index (χ1) is 12.0. The first-order valence-corrected chi connectivity index (χ1v) is 8.84. The van der Waals surface area contributed by atoms with Crippen LogP contribution in [0.5, 0.6) is 0 Å². The van der Waals surface area contributed by atoms with Crippen molar-refractivity contribution in [3.05, 3.63) is 71.0 Å². The average molecular weight is 368 g/mol. The number of halogens is 1. The SMILES string of the molecule is Cn1cc(C=C2SC(=S)N(c3cccc(F)c3)C2=O)c2ccccc21. The van der Waals surface area contributed by atoms with E-state index in [4.69, 9.17) is 12.2 Å². The molecule has 0 saturated carbocycles. The summed E-state index contributed by atoms with van der Waals surface area (Å²) in [6, 6.07) is 13.9. The standard InChI is InChI=1S/C19H13FN2OS2/c1-21-11-12(15-7-2-3-8-16(15)21)9-17-18(23)22(19(24)25-17)14-6-4-5-13(20)10-14/h2-11H,1H3. The highest BCUT2D eigenvalue weighted by Gasteiger charge is 2.33. The second kappa shape index (κ2) is 6.13. The van der Waals surface area contributed by atoms with Gasteiger partial charge in [-0.1, -0.05) is 48.2 Å². The van der Waals surface area contributed by atoms with E-state index in [1.165, 1.54) is 28.8 Å². The van der Waals surface area contributed by atoms with E-state index in [0.717, 1.165) is 16.5 Å². The maximum absolute atomic E-state index is 13.5. The number of amides is 1. The molecule has 3 nitrogen and oxygen atoms in total. The van der Waals surface area contributed by atoms with Crippen LogP contribution in [0.1, 0.15) is 5.56 Å². The van der Waals surface area contributed by atoms with Crippen molar-refractivity contribution in [2.24, 2.45) is 7.05 Å². The van der Waals surface area contributed by atoms with Crippen LogP contribution in [0.4, 0.5) is 10.1 Å². The van der Waals surface area contributed by atoms with Gasteiger partial charge in [-0.15, -0.1) is 0 Å². The minimum atomic E-state index is -0.399. The zero-order valence-corrected chi connectivity index (χ0v) is 14.9. The molecule has 1 amide bonds. The third-order valence-corrected chi connectivity index (χ3v) is 5.38. The largest absolute Gasteiger partial charge is 0.350 e. The second-order valence-electron chi connectivity index (χ2n) is 5.71. The number of thioether (sulfide) groups is 1. The van der Waals surface area contributed by atoms with E-state index >= 15 is 0 Å². The van der Waals surface area contributed by atoms with Crippen molar-refractivity contribution in [1.29, 1.82) is 0 Å². The van der Waals surface area contributed by atoms with Crippen LogP contribution in [-0.2, 0) is 11.8 Å². The van der Waals surface area contributed by atoms with E-state index in [2.05, 4.69) is 0 Å². The average Bonchev–Trinajstić information content (AvgIpc) is 3.05. The lowest BCUT2D eigenvalue weighted by molar-refractivity contribution is -0.113. The van der Waals surface area contributed by atoms with Crippen molar-refractivity contribution in [1.82, 2.24) is 4.57 Å². The Balaban J connectivity index is 1.75. The maximum Gasteiger partial charge on any atom is 0.270 e. The quantitative estimate of drug-likeness (QED) is 0.483. The van der Waals surface area contributed by atoms with Crippen molar-refractivity contribution < 1.29 is 9.18 Å². The van der Waals surface area contributed by atoms with E-state index in [-0.39, 0.29) is 5.91 Å². The van der Waals surface area contributed by atoms with Crippen molar-refractivity contribution in [2.45, 2.75) is 0 Å². The Bertz CT molecular complexity index is 1050. The number of nitrogens with zero attached hydrogens (tertiary/aromatic N) is 2. The molecule has 0 spiro atoms. The van der Waals surface area contributed by atoms with Gasteiger partial charge in [0.2, 0.25) is 0 Å². The summed E-state index contributed by atoms with van der Waals surface area (Å²) in [4.78, 5) is 14.7. The summed E-state index contributed by atoms with van der Waals surface area (Å²) in [7, 11) is 1.97. The Kier molecular flexibility index (Phi) is 3.94. The van der Waals surface area contributed by atoms with E-state index in [1.807, 2.05) is 48.2 Å². The molecule has 0 N–H and O–H groups in total. The van der Waals surface area contributed by atoms with Crippen molar-refractivity contribution in [3.8, 4) is 0 Å². The zero-order valence-electron chi connectivity index (χ0n) is 13.3. The number of para-hydroxylation sites is 1. The molecule has 0 atom stereocenters. The molecule has 1 aliphatic heterocycles. The summed E-state index contributed by atoms with van der Waals surface area (Å²) in [5.74, 6) is -0.627. The second-order valence-corrected chi connectivity index (χ2v) is 7.39. The number of hydrogen-bond donors (Lipinski definition) is 0. The number of hydrogen-bond acceptors (Lipinski definition) is 3. The number of rotatable bonds is 2. The Hall–Kier alpha value is -2.44. The Morgan fingerprint density at radius 1 is 1.16 bits per heavy atom. The molecular formula is C19H13FN2OS2. The maximum atomic E-state index is 13.5. The van der Waals surface area contributed by atoms with Gasteiger partial charge in [-0.05, 0) is 30.3 Å². The number of thiocarbonyl (C=S) groups is 1. The summed E-state index contributed by atoms with van der Waals surface area (Å²) < 4.78 is 15.9. The first-order valence-electron chi connectivity index (χ1n) is 7.62. The van der Waals surface area contributed by atoms with Crippen LogP contribution in [0.2, 0.25) is 0 Å². The molecule has 6 heteroatoms. The molecule has 2 aromatic carbocycles. The van der Waals surface area contributed by atoms with Gasteiger partial charge in [-0.2, -0.15) is 0 Å². The molecule has 0 aliphatic carbocycles. The number of carbonyl (C=O) groups excluding carboxylic acids is 1. The van der Waals surface area contributed by atoms with Crippen molar-refractivity contribution in [3.63, 3.8) is 0 Å². The van der Waals surface area contributed by atoms with Gasteiger partial charge >= 0.3 is 0 Å². The fourth-order valence-corrected chi connectivity index (χ4v) is 4.22. The predicted octanol–water partition coefficient (Wildman–Crippen LogP) is 4.72. The van der Waals surface area contributed by atoms with Gasteiger partial charge in [0.1, 0.15) is 5.82 Å². The lowest BCUT2D eigenvalue weighted by Crippen LogP contribution is -2.27. The molecule has 25 heavy (non-hydrogen) atoms. The third-order valence-electron chi connectivity index (χ3n) is 4.07. The van der Waals surface area contributed by atoms with Crippen LogP contribution in [0.25, 0.3) is 17.0 Å². The molecular weight excluding hydrogens is 355 g/mol. The fraction of sp³-hybridized carbons (Fsp3) is 0.0526. The third kappa shape index (κ3) is 2.77. The molecule has 1 aliphatic rings. The Morgan fingerprint density at radius 2 is 1.96 bits per heavy atom. The molecule has 0 radical (unpaired) electrons. The lowest BCUT2D eigenvalue weighted by Gasteiger charge is -2.14. The molecule has 3 aromatic rings. The first kappa shape index (κ1) is 16.1. The van der Waals surface area contributed by atoms with Gasteiger partial charge in [0.05, 0.1) is 10.6 Å². The number of anilines is 1. The van der Waals surface area contributed by atoms with Crippen LogP contribution in [-0.4, -0.2) is 14.8 Å². The Labute approximate surface area is 153 Å². The Morgan fingerprint density at radius 3 is 2.76 bits per heavy atom. The van der Waals surface area contributed by atoms with Crippen LogP contribution in [0.3, 0.4) is 0 Å². The molecule has 0 bridgehead atoms. The topological polar surface area (TPSA) is 25.2 Å². The minimum Gasteiger partial charge on any atom is -0.350 e. The van der Waals surface area contributed by atoms with Gasteiger partial charge in [-0.25, -0.2) is 4.39 Å². The smallest absolute Gasteiger partial charge is 0.270 e. The van der Waals surface area contributed by atoms with Gasteiger partial charge in [-0.3, -0.25) is 9.69 Å². The molecule has 124 valence electrons. The number of benzene rings is 2. The summed E-state index contributed by atoms with van der Waals surface area (Å²) in [6.07, 6.45) is 3.83. The summed E-state index contributed by atoms with van der Waals surface area (Å²) >= 11 is 6.57. The van der Waals surface area contributed by atoms with E-state index < -0.39 is 5.82 Å². The predicted molar refractivity (Wildman–Crippen MR) is 105 cm³/mol. The summed E-state index contributed by atoms with van der Waals surface area (Å²) in [6.45, 7) is 0. The van der Waals surface area contributed by atoms with Gasteiger partial charge in [0, 0.05) is 29.7 Å². The number of carbonyl (C=O) groups is 1. The highest BCUT2D eigenvalue weighted by molar-refractivity contribution is 8.27. The van der Waals surface area contributed by atoms with E-state index in [9.17, 15) is 9.18 Å². The van der Waals surface area contributed by atoms with E-state index in [1.54, 1.807) is 12.1 Å². The van der Waals surface area contributed by atoms with Crippen LogP contribution in [0.15, 0.2) is 59.6 Å². The molecule has 1 aromatic heterocycles. The van der Waals surface area contributed by atoms with Crippen LogP contribution in [0, 0.1) is 5.82 Å². The fourth-order valence-electron chi connectivity index (χ4n) is 2.93. The van der Waals surface area contributed by atoms with Crippen molar-refractivity contribution >= 4 is 56.9 Å². The highest BCUT2D eigenvalue weighted by atomic mass is 32.2. The van der Waals surface area contributed by atoms with Crippen molar-refractivity contribution in [2.75, 3.05) is 4.90 Å². The number of aromatic nitrogens is 1. The summed E-state index contributed by atoms with van der Waals surface area (Å²) in [5.41, 5.74) is 2.50. The minimum absolute atomic E-state index is 0.228. The molecule has 4 rings (SSSR count). The molecule has 0 unspecified atom stereocenters. The van der Waals surface area contributed by atoms with Crippen LogP contribution >= 0.6 is 24.0 Å². The zero-order chi connectivity index (χ0) is 17.6. The van der Waals surface area contributed by atoms with Crippen LogP contribution < -0.4 is 4.90 Å². The highest BCUT2D eigenvalue weighted by Crippen LogP contribution is 2.37. The van der Waals surface area contributed by atoms with Gasteiger partial charge < -0.3 is 4.57 Å². The lowest BCUT2D eigenvalue weighted by atomic mass is 10.1. The molecule has 2 heterocycles. The summed E-state index contributed by atoms with van der Waals surface area (Å²) in [5, 5.41) is 1.07. The number of fused-ring (bicyclic) bond motifs is 1. The molecule has 1 fully saturated rings. The molecule has 1 saturated heterocycles.